The van der Waals surface area contributed by atoms with Gasteiger partial charge in [-0.05, 0) is 168 Å². The summed E-state index contributed by atoms with van der Waals surface area (Å²) in [7, 11) is 0. The summed E-state index contributed by atoms with van der Waals surface area (Å²) in [6, 6.07) is 9.08. The smallest absolute Gasteiger partial charge is 0.434 e. The molecule has 6 aliphatic heterocycles. The van der Waals surface area contributed by atoms with Gasteiger partial charge in [-0.2, -0.15) is 52.7 Å². The number of hydrogen-bond donors (Lipinski definition) is 1. The molecule has 1 spiro atoms. The number of carbonyl (C=O) groups excluding carboxylic acids is 7. The van der Waals surface area contributed by atoms with E-state index in [1.807, 2.05) is 27.7 Å². The molecule has 1 aromatic rings. The van der Waals surface area contributed by atoms with Crippen molar-refractivity contribution in [2.75, 3.05) is 0 Å². The van der Waals surface area contributed by atoms with Crippen molar-refractivity contribution in [3.05, 3.63) is 35.4 Å². The van der Waals surface area contributed by atoms with Gasteiger partial charge in [-0.3, -0.25) is 28.8 Å². The number of ether oxygens (including phenoxy) is 13. The van der Waals surface area contributed by atoms with Crippen LogP contribution >= 0.6 is 0 Å². The van der Waals surface area contributed by atoms with E-state index < -0.39 is 180 Å². The molecule has 34 heteroatoms. The van der Waals surface area contributed by atoms with Crippen molar-refractivity contribution in [1.82, 2.24) is 0 Å². The van der Waals surface area contributed by atoms with Gasteiger partial charge in [-0.25, -0.2) is 9.59 Å². The second kappa shape index (κ2) is 36.6. The van der Waals surface area contributed by atoms with Gasteiger partial charge in [0.25, 0.3) is 12.2 Å². The zero-order valence-corrected chi connectivity index (χ0v) is 65.9. The van der Waals surface area contributed by atoms with E-state index in [-0.39, 0.29) is 61.4 Å². The topological polar surface area (TPSA) is 277 Å². The Morgan fingerprint density at radius 1 is 0.518 bits per heavy atom. The maximum absolute atomic E-state index is 12.7. The van der Waals surface area contributed by atoms with Crippen LogP contribution in [0, 0.1) is 33.5 Å². The number of aliphatic carboxylic acids is 1. The molecule has 6 heterocycles. The van der Waals surface area contributed by atoms with Crippen molar-refractivity contribution in [2.24, 2.45) is 33.5 Å². The van der Waals surface area contributed by atoms with Crippen molar-refractivity contribution in [1.29, 1.82) is 0 Å². The van der Waals surface area contributed by atoms with Crippen molar-refractivity contribution in [2.45, 2.75) is 362 Å². The van der Waals surface area contributed by atoms with Crippen LogP contribution in [0.3, 0.4) is 0 Å². The number of rotatable bonds is 20. The van der Waals surface area contributed by atoms with E-state index in [9.17, 15) is 91.0 Å². The predicted octanol–water partition coefficient (Wildman–Crippen LogP) is 16.2. The molecule has 2 aliphatic carbocycles. The number of fused-ring (bicyclic) bond motifs is 6. The van der Waals surface area contributed by atoms with E-state index in [2.05, 4.69) is 75.3 Å². The number of benzene rings is 1. The van der Waals surface area contributed by atoms with Gasteiger partial charge in [0.15, 0.2) is 48.6 Å². The molecule has 1 N–H and O–H groups in total. The summed E-state index contributed by atoms with van der Waals surface area (Å²) in [5.74, 6) is -9.45. The van der Waals surface area contributed by atoms with Gasteiger partial charge in [0.1, 0.15) is 18.3 Å². The Bertz CT molecular complexity index is 3250. The minimum absolute atomic E-state index is 0.0236. The molecule has 0 aromatic heterocycles. The normalized spacial score (nSPS) is 29.0. The summed E-state index contributed by atoms with van der Waals surface area (Å²) in [6.07, 6.45) is -35.4. The Balaban J connectivity index is 0.000000272. The molecular formula is C76H110F12O22. The minimum Gasteiger partial charge on any atom is -0.481 e. The first-order valence-corrected chi connectivity index (χ1v) is 37.3. The fraction of sp³-hybridized carbons (Fsp3) is 0.816. The third-order valence-electron chi connectivity index (χ3n) is 21.6. The van der Waals surface area contributed by atoms with Crippen LogP contribution in [0.4, 0.5) is 52.7 Å². The summed E-state index contributed by atoms with van der Waals surface area (Å²) in [6.45, 7) is 36.4. The Morgan fingerprint density at radius 2 is 0.918 bits per heavy atom. The molecule has 0 radical (unpaired) electrons. The Kier molecular flexibility index (Phi) is 31.4. The number of carbonyl (C=O) groups is 8. The van der Waals surface area contributed by atoms with Crippen molar-refractivity contribution < 1.29 is 158 Å². The average molecular weight is 1600 g/mol. The van der Waals surface area contributed by atoms with Gasteiger partial charge in [-0.15, -0.1) is 0 Å². The molecule has 630 valence electrons. The highest BCUT2D eigenvalue weighted by molar-refractivity contribution is 5.85. The van der Waals surface area contributed by atoms with Crippen LogP contribution in [-0.2, 0) is 105 Å². The highest BCUT2D eigenvalue weighted by Gasteiger charge is 2.68. The largest absolute Gasteiger partial charge is 0.481 e. The third-order valence-corrected chi connectivity index (χ3v) is 21.6. The number of halogens is 12. The molecule has 8 fully saturated rings. The molecule has 1 aromatic carbocycles. The lowest BCUT2D eigenvalue weighted by Crippen LogP contribution is -2.47. The van der Waals surface area contributed by atoms with Crippen molar-refractivity contribution in [3.8, 4) is 0 Å². The van der Waals surface area contributed by atoms with E-state index in [4.69, 9.17) is 57.2 Å². The van der Waals surface area contributed by atoms with Gasteiger partial charge in [0.2, 0.25) is 12.2 Å². The van der Waals surface area contributed by atoms with Gasteiger partial charge >= 0.3 is 72.5 Å². The zero-order chi connectivity index (χ0) is 83.8. The highest BCUT2D eigenvalue weighted by Crippen LogP contribution is 2.51. The first-order chi connectivity index (χ1) is 50.3. The highest BCUT2D eigenvalue weighted by atomic mass is 19.4. The monoisotopic (exact) mass is 1600 g/mol. The van der Waals surface area contributed by atoms with Crippen molar-refractivity contribution in [3.63, 3.8) is 0 Å². The molecule has 22 nitrogen and oxygen atoms in total. The molecule has 6 saturated heterocycles. The van der Waals surface area contributed by atoms with Crippen LogP contribution in [0.25, 0.3) is 0 Å². The lowest BCUT2D eigenvalue weighted by atomic mass is 9.85. The number of alkyl halides is 12. The quantitative estimate of drug-likeness (QED) is 0.0721. The molecular weight excluding hydrogens is 1490 g/mol. The third kappa shape index (κ3) is 24.7. The first kappa shape index (κ1) is 94.5. The predicted molar refractivity (Wildman–Crippen MR) is 365 cm³/mol. The summed E-state index contributed by atoms with van der Waals surface area (Å²) >= 11 is 0. The lowest BCUT2D eigenvalue weighted by molar-refractivity contribution is -0.315. The minimum atomic E-state index is -5.81. The second-order valence-corrected chi connectivity index (χ2v) is 33.0. The maximum Gasteiger partial charge on any atom is 0.434 e. The Labute approximate surface area is 634 Å². The zero-order valence-electron chi connectivity index (χ0n) is 65.9. The van der Waals surface area contributed by atoms with Gasteiger partial charge < -0.3 is 66.7 Å². The SMILES string of the molecule is CCC(C)(C)C(=O)O.CCC(C)(C)C(=O)OC1C(=O)OC2C3OC(C)(CCCC(=O)OC(C(F)(F)F)C(F)(F)F)OC3OC12.CCC(C)(C)C(=O)OC1C(=O)OC2C3OC4(CCC(C(=O)OC(C(F)(F)F)C(F)(F)F)CC4)OC3OC12.CCC(C)(C)C(=O)OC1CCC(C)CC1.CCC(C)c1ccc(C(C)(C)C)cc1. The standard InChI is InChI=1S/C22H26F6O9.C21H26F6O9.C14H22.C13H24O2.C6H12O2/c1-4-19(2,3)18(31)34-12-10-11(32-15(12)30)13-16(33-10)37-20(36-13)7-5-9(6-8-20)14(29)35-17(21(23,24)25)22(26,27)28;1-5-18(2,3)17(30)34-12-10-11(32-14(12)29)13-15(33-10)36-19(4,35-13)8-6-7-9(28)31-16(20(22,23)24)21(25,26)27;1-6-11(2)12-7-9-13(10-8-12)14(3,4)5;1-5-13(3,4)12(14)15-11-8-6-10(2)7-9-11;1-4-6(2,3)5(7)8/h9-13,16-17H,4-8H2,1-3H3;10-13,15-16H,5-8H2,1-4H3;7-11H,6H2,1-5H3;10-11H,5-9H2,1-4H3;4H2,1-3H3,(H,7,8). The van der Waals surface area contributed by atoms with Gasteiger partial charge in [-0.1, -0.05) is 93.5 Å². The Morgan fingerprint density at radius 3 is 1.30 bits per heavy atom. The van der Waals surface area contributed by atoms with Crippen LogP contribution in [-0.4, -0.2) is 169 Å². The van der Waals surface area contributed by atoms with E-state index in [0.29, 0.717) is 25.2 Å². The van der Waals surface area contributed by atoms with E-state index in [1.165, 1.54) is 37.3 Å². The van der Waals surface area contributed by atoms with Crippen LogP contribution in [0.1, 0.15) is 251 Å². The van der Waals surface area contributed by atoms with E-state index >= 15 is 0 Å². The summed E-state index contributed by atoms with van der Waals surface area (Å²) in [5.41, 5.74) is 0.603. The summed E-state index contributed by atoms with van der Waals surface area (Å²) < 4.78 is 220. The number of hydrogen-bond acceptors (Lipinski definition) is 21. The van der Waals surface area contributed by atoms with Crippen molar-refractivity contribution >= 4 is 47.8 Å². The molecule has 0 amide bonds. The fourth-order valence-corrected chi connectivity index (χ4v) is 12.0. The van der Waals surface area contributed by atoms with E-state index in [1.54, 1.807) is 55.4 Å². The number of esters is 7. The second-order valence-electron chi connectivity index (χ2n) is 33.0. The fourth-order valence-electron chi connectivity index (χ4n) is 12.0. The van der Waals surface area contributed by atoms with Gasteiger partial charge in [0, 0.05) is 25.7 Å². The molecule has 0 bridgehead atoms. The maximum atomic E-state index is 12.7. The molecule has 8 aliphatic rings. The van der Waals surface area contributed by atoms with Crippen LogP contribution in [0.5, 0.6) is 0 Å². The lowest BCUT2D eigenvalue weighted by Gasteiger charge is -2.36. The summed E-state index contributed by atoms with van der Waals surface area (Å²) in [5, 5.41) is 8.44. The number of carboxylic acid groups (broad SMARTS) is 1. The molecule has 12 unspecified atom stereocenters. The molecule has 12 atom stereocenters. The number of carboxylic acids is 1. The Hall–Kier alpha value is -6.10. The van der Waals surface area contributed by atoms with Crippen LogP contribution in [0.15, 0.2) is 24.3 Å². The summed E-state index contributed by atoms with van der Waals surface area (Å²) in [4.78, 5) is 95.2. The molecule has 110 heavy (non-hydrogen) atoms. The van der Waals surface area contributed by atoms with Crippen LogP contribution < -0.4 is 0 Å². The molecule has 9 rings (SSSR count). The first-order valence-electron chi connectivity index (χ1n) is 37.3. The van der Waals surface area contributed by atoms with E-state index in [0.717, 1.165) is 25.2 Å². The van der Waals surface area contributed by atoms with Crippen LogP contribution in [0.2, 0.25) is 0 Å². The average Bonchev–Trinajstić information content (AvgIpc) is 1.58. The van der Waals surface area contributed by atoms with Gasteiger partial charge in [0.05, 0.1) is 27.6 Å². The molecule has 2 saturated carbocycles.